The molecule has 4 atom stereocenters. The summed E-state index contributed by atoms with van der Waals surface area (Å²) in [7, 11) is 0. The summed E-state index contributed by atoms with van der Waals surface area (Å²) < 4.78 is 0. The summed E-state index contributed by atoms with van der Waals surface area (Å²) in [5.74, 6) is 0.942. The molecule has 4 unspecified atom stereocenters. The number of nitrogens with two attached hydrogens (primary N) is 1. The second-order valence-corrected chi connectivity index (χ2v) is 6.24. The largest absolute Gasteiger partial charge is 0.347 e. The van der Waals surface area contributed by atoms with Gasteiger partial charge in [-0.15, -0.1) is 12.4 Å². The summed E-state index contributed by atoms with van der Waals surface area (Å²) in [6.07, 6.45) is 5.55. The van der Waals surface area contributed by atoms with Crippen LogP contribution < -0.4 is 11.1 Å². The highest BCUT2D eigenvalue weighted by Crippen LogP contribution is 2.47. The van der Waals surface area contributed by atoms with E-state index in [1.807, 2.05) is 4.90 Å². The molecule has 0 aromatic rings. The molecule has 3 rings (SSSR count). The number of nitrogens with one attached hydrogen (secondary N) is 1. The molecule has 5 nitrogen and oxygen atoms in total. The van der Waals surface area contributed by atoms with E-state index in [1.165, 1.54) is 6.42 Å². The first-order chi connectivity index (χ1) is 9.16. The molecule has 3 N–H and O–H groups in total. The van der Waals surface area contributed by atoms with Crippen molar-refractivity contribution < 1.29 is 9.59 Å². The third-order valence-corrected chi connectivity index (χ3v) is 5.16. The average Bonchev–Trinajstić information content (AvgIpc) is 3.11. The number of hydrogen-bond donors (Lipinski definition) is 2. The van der Waals surface area contributed by atoms with E-state index in [1.54, 1.807) is 0 Å². The van der Waals surface area contributed by atoms with E-state index in [9.17, 15) is 9.59 Å². The SMILES string of the molecule is Cl.NC1C2CCC(C2)C1C(=O)NCC(=O)N1CCCC1. The number of hydrogen-bond acceptors (Lipinski definition) is 3. The maximum atomic E-state index is 12.2. The van der Waals surface area contributed by atoms with Crippen LogP contribution in [0.1, 0.15) is 32.1 Å². The molecule has 2 amide bonds. The molecule has 6 heteroatoms. The van der Waals surface area contributed by atoms with Crippen molar-refractivity contribution in [3.05, 3.63) is 0 Å². The van der Waals surface area contributed by atoms with E-state index in [2.05, 4.69) is 5.32 Å². The Labute approximate surface area is 126 Å². The first-order valence-corrected chi connectivity index (χ1v) is 7.48. The van der Waals surface area contributed by atoms with Crippen LogP contribution in [0.2, 0.25) is 0 Å². The zero-order valence-corrected chi connectivity index (χ0v) is 12.5. The Balaban J connectivity index is 0.00000147. The lowest BCUT2D eigenvalue weighted by Gasteiger charge is -2.27. The van der Waals surface area contributed by atoms with E-state index >= 15 is 0 Å². The zero-order valence-electron chi connectivity index (χ0n) is 11.7. The Morgan fingerprint density at radius 2 is 1.80 bits per heavy atom. The molecule has 2 bridgehead atoms. The van der Waals surface area contributed by atoms with Crippen LogP contribution in [0.15, 0.2) is 0 Å². The molecule has 0 aromatic heterocycles. The molecule has 0 aromatic carbocycles. The lowest BCUT2D eigenvalue weighted by molar-refractivity contribution is -0.134. The number of amides is 2. The van der Waals surface area contributed by atoms with Crippen molar-refractivity contribution in [1.82, 2.24) is 10.2 Å². The standard InChI is InChI=1S/C14H23N3O2.ClH/c15-13-10-4-3-9(7-10)12(13)14(19)16-8-11(18)17-5-1-2-6-17;/h9-10,12-13H,1-8,15H2,(H,16,19);1H. The highest BCUT2D eigenvalue weighted by Gasteiger charge is 2.49. The van der Waals surface area contributed by atoms with Crippen molar-refractivity contribution in [2.24, 2.45) is 23.5 Å². The summed E-state index contributed by atoms with van der Waals surface area (Å²) in [5.41, 5.74) is 6.14. The minimum absolute atomic E-state index is 0. The Morgan fingerprint density at radius 3 is 2.40 bits per heavy atom. The van der Waals surface area contributed by atoms with Gasteiger partial charge in [-0.3, -0.25) is 9.59 Å². The summed E-state index contributed by atoms with van der Waals surface area (Å²) >= 11 is 0. The molecular formula is C14H24ClN3O2. The van der Waals surface area contributed by atoms with Crippen LogP contribution in [0.25, 0.3) is 0 Å². The maximum absolute atomic E-state index is 12.2. The fraction of sp³-hybridized carbons (Fsp3) is 0.857. The minimum Gasteiger partial charge on any atom is -0.347 e. The van der Waals surface area contributed by atoms with Gasteiger partial charge in [-0.25, -0.2) is 0 Å². The molecule has 2 aliphatic carbocycles. The van der Waals surface area contributed by atoms with Crippen LogP contribution in [-0.2, 0) is 9.59 Å². The second-order valence-electron chi connectivity index (χ2n) is 6.24. The van der Waals surface area contributed by atoms with Crippen molar-refractivity contribution in [2.75, 3.05) is 19.6 Å². The lowest BCUT2D eigenvalue weighted by Crippen LogP contribution is -2.47. The Morgan fingerprint density at radius 1 is 1.15 bits per heavy atom. The number of likely N-dealkylation sites (tertiary alicyclic amines) is 1. The number of carbonyl (C=O) groups excluding carboxylic acids is 2. The van der Waals surface area contributed by atoms with E-state index < -0.39 is 0 Å². The van der Waals surface area contributed by atoms with E-state index in [4.69, 9.17) is 5.73 Å². The van der Waals surface area contributed by atoms with Crippen LogP contribution in [0.4, 0.5) is 0 Å². The Hall–Kier alpha value is -0.810. The minimum atomic E-state index is -0.0647. The Kier molecular flexibility index (Phi) is 4.91. The van der Waals surface area contributed by atoms with Gasteiger partial charge in [0.2, 0.25) is 11.8 Å². The molecule has 3 fully saturated rings. The molecule has 0 spiro atoms. The van der Waals surface area contributed by atoms with E-state index in [0.717, 1.165) is 38.8 Å². The summed E-state index contributed by atoms with van der Waals surface area (Å²) in [4.78, 5) is 25.9. The maximum Gasteiger partial charge on any atom is 0.241 e. The molecule has 1 saturated heterocycles. The van der Waals surface area contributed by atoms with Gasteiger partial charge >= 0.3 is 0 Å². The highest BCUT2D eigenvalue weighted by molar-refractivity contribution is 5.86. The predicted molar refractivity (Wildman–Crippen MR) is 78.4 cm³/mol. The van der Waals surface area contributed by atoms with Crippen molar-refractivity contribution in [1.29, 1.82) is 0 Å². The van der Waals surface area contributed by atoms with Gasteiger partial charge in [0.1, 0.15) is 0 Å². The molecule has 3 aliphatic rings. The van der Waals surface area contributed by atoms with E-state index in [-0.39, 0.29) is 42.7 Å². The zero-order chi connectivity index (χ0) is 13.4. The van der Waals surface area contributed by atoms with Gasteiger partial charge in [-0.2, -0.15) is 0 Å². The highest BCUT2D eigenvalue weighted by atomic mass is 35.5. The van der Waals surface area contributed by atoms with E-state index in [0.29, 0.717) is 11.8 Å². The summed E-state index contributed by atoms with van der Waals surface area (Å²) in [6, 6.07) is 0.000591. The number of halogens is 1. The smallest absolute Gasteiger partial charge is 0.241 e. The molecule has 114 valence electrons. The molecule has 1 aliphatic heterocycles. The molecule has 1 heterocycles. The van der Waals surface area contributed by atoms with Crippen molar-refractivity contribution >= 4 is 24.2 Å². The summed E-state index contributed by atoms with van der Waals surface area (Å²) in [5, 5.41) is 2.81. The normalized spacial score (nSPS) is 35.0. The van der Waals surface area contributed by atoms with Crippen LogP contribution in [0.5, 0.6) is 0 Å². The summed E-state index contributed by atoms with van der Waals surface area (Å²) in [6.45, 7) is 1.81. The van der Waals surface area contributed by atoms with Gasteiger partial charge in [0, 0.05) is 19.1 Å². The topological polar surface area (TPSA) is 75.4 Å². The van der Waals surface area contributed by atoms with Gasteiger partial charge in [0.05, 0.1) is 12.5 Å². The Bertz CT molecular complexity index is 383. The molecule has 2 saturated carbocycles. The first kappa shape index (κ1) is 15.6. The number of carbonyl (C=O) groups is 2. The third kappa shape index (κ3) is 2.79. The predicted octanol–water partition coefficient (Wildman–Crippen LogP) is 0.520. The molecule has 0 radical (unpaired) electrons. The van der Waals surface area contributed by atoms with Crippen molar-refractivity contribution in [3.63, 3.8) is 0 Å². The second kappa shape index (κ2) is 6.31. The van der Waals surface area contributed by atoms with Gasteiger partial charge in [0.25, 0.3) is 0 Å². The fourth-order valence-electron chi connectivity index (χ4n) is 4.08. The number of nitrogens with zero attached hydrogens (tertiary/aromatic N) is 1. The average molecular weight is 302 g/mol. The number of rotatable bonds is 3. The van der Waals surface area contributed by atoms with Crippen LogP contribution >= 0.6 is 12.4 Å². The van der Waals surface area contributed by atoms with Crippen LogP contribution in [0, 0.1) is 17.8 Å². The van der Waals surface area contributed by atoms with Gasteiger partial charge in [0.15, 0.2) is 0 Å². The number of fused-ring (bicyclic) bond motifs is 2. The lowest BCUT2D eigenvalue weighted by atomic mass is 9.84. The third-order valence-electron chi connectivity index (χ3n) is 5.16. The molecular weight excluding hydrogens is 278 g/mol. The van der Waals surface area contributed by atoms with Gasteiger partial charge in [-0.1, -0.05) is 0 Å². The van der Waals surface area contributed by atoms with Crippen molar-refractivity contribution in [2.45, 2.75) is 38.1 Å². The fourth-order valence-corrected chi connectivity index (χ4v) is 4.08. The monoisotopic (exact) mass is 301 g/mol. The quantitative estimate of drug-likeness (QED) is 0.798. The first-order valence-electron chi connectivity index (χ1n) is 7.48. The molecule has 20 heavy (non-hydrogen) atoms. The van der Waals surface area contributed by atoms with Crippen LogP contribution in [0.3, 0.4) is 0 Å². The van der Waals surface area contributed by atoms with Crippen LogP contribution in [-0.4, -0.2) is 42.4 Å². The van der Waals surface area contributed by atoms with Gasteiger partial charge in [-0.05, 0) is 43.9 Å². The van der Waals surface area contributed by atoms with Gasteiger partial charge < -0.3 is 16.0 Å². The van der Waals surface area contributed by atoms with Crippen molar-refractivity contribution in [3.8, 4) is 0 Å².